The van der Waals surface area contributed by atoms with Crippen molar-refractivity contribution in [3.8, 4) is 11.5 Å². The van der Waals surface area contributed by atoms with Crippen LogP contribution in [0.1, 0.15) is 24.1 Å². The lowest BCUT2D eigenvalue weighted by Crippen LogP contribution is -2.13. The monoisotopic (exact) mass is 335 g/mol. The van der Waals surface area contributed by atoms with Crippen molar-refractivity contribution in [3.05, 3.63) is 58.1 Å². The largest absolute Gasteiger partial charge is 0.457 e. The molecule has 1 unspecified atom stereocenters. The van der Waals surface area contributed by atoms with Gasteiger partial charge in [-0.25, -0.2) is 0 Å². The second-order valence-corrected chi connectivity index (χ2v) is 5.48. The number of para-hydroxylation sites is 1. The van der Waals surface area contributed by atoms with Crippen LogP contribution in [-0.2, 0) is 6.61 Å². The zero-order valence-electron chi connectivity index (χ0n) is 11.6. The van der Waals surface area contributed by atoms with Crippen molar-refractivity contribution in [2.75, 3.05) is 7.05 Å². The molecule has 0 radical (unpaired) electrons. The highest BCUT2D eigenvalue weighted by atomic mass is 79.9. The molecule has 0 aliphatic carbocycles. The van der Waals surface area contributed by atoms with Gasteiger partial charge in [0.15, 0.2) is 0 Å². The number of hydrogen-bond acceptors (Lipinski definition) is 3. The van der Waals surface area contributed by atoms with Crippen molar-refractivity contribution in [1.82, 2.24) is 5.32 Å². The molecule has 2 N–H and O–H groups in total. The second-order valence-electron chi connectivity index (χ2n) is 4.56. The van der Waals surface area contributed by atoms with Crippen LogP contribution in [0, 0.1) is 0 Å². The molecule has 0 heterocycles. The summed E-state index contributed by atoms with van der Waals surface area (Å²) < 4.78 is 7.00. The average Bonchev–Trinajstić information content (AvgIpc) is 2.48. The van der Waals surface area contributed by atoms with Gasteiger partial charge in [0.25, 0.3) is 0 Å². The number of aliphatic hydroxyl groups is 1. The fourth-order valence-corrected chi connectivity index (χ4v) is 2.34. The van der Waals surface area contributed by atoms with Crippen molar-refractivity contribution in [1.29, 1.82) is 0 Å². The molecule has 0 saturated carbocycles. The normalized spacial score (nSPS) is 12.2. The summed E-state index contributed by atoms with van der Waals surface area (Å²) in [6.07, 6.45) is 0. The van der Waals surface area contributed by atoms with Gasteiger partial charge in [-0.2, -0.15) is 0 Å². The molecule has 3 nitrogen and oxygen atoms in total. The summed E-state index contributed by atoms with van der Waals surface area (Å²) in [7, 11) is 1.91. The average molecular weight is 336 g/mol. The Labute approximate surface area is 127 Å². The number of nitrogens with one attached hydrogen (secondary N) is 1. The van der Waals surface area contributed by atoms with Crippen molar-refractivity contribution in [2.24, 2.45) is 0 Å². The van der Waals surface area contributed by atoms with E-state index in [2.05, 4.69) is 28.2 Å². The third-order valence-electron chi connectivity index (χ3n) is 3.23. The van der Waals surface area contributed by atoms with Gasteiger partial charge in [-0.3, -0.25) is 0 Å². The van der Waals surface area contributed by atoms with Gasteiger partial charge in [0, 0.05) is 21.6 Å². The zero-order valence-corrected chi connectivity index (χ0v) is 13.1. The van der Waals surface area contributed by atoms with Gasteiger partial charge in [-0.15, -0.1) is 0 Å². The maximum atomic E-state index is 9.37. The van der Waals surface area contributed by atoms with E-state index in [1.165, 1.54) is 0 Å². The predicted octanol–water partition coefficient (Wildman–Crippen LogP) is 4.01. The van der Waals surface area contributed by atoms with Crippen molar-refractivity contribution in [2.45, 2.75) is 19.6 Å². The Morgan fingerprint density at radius 1 is 1.20 bits per heavy atom. The number of halogens is 1. The van der Waals surface area contributed by atoms with Gasteiger partial charge >= 0.3 is 0 Å². The molecule has 20 heavy (non-hydrogen) atoms. The predicted molar refractivity (Wildman–Crippen MR) is 84.1 cm³/mol. The quantitative estimate of drug-likeness (QED) is 0.867. The van der Waals surface area contributed by atoms with Gasteiger partial charge in [0.1, 0.15) is 11.5 Å². The molecule has 4 heteroatoms. The standard InChI is InChI=1S/C16H18BrNO2/c1-11(18-2)14-9-13(17)7-8-16(14)20-15-6-4-3-5-12(15)10-19/h3-9,11,18-19H,10H2,1-2H3. The Hall–Kier alpha value is -1.36. The summed E-state index contributed by atoms with van der Waals surface area (Å²) in [6, 6.07) is 13.6. The Morgan fingerprint density at radius 3 is 2.65 bits per heavy atom. The summed E-state index contributed by atoms with van der Waals surface area (Å²) in [6.45, 7) is 2.04. The molecule has 0 saturated heterocycles. The lowest BCUT2D eigenvalue weighted by Gasteiger charge is -2.18. The highest BCUT2D eigenvalue weighted by molar-refractivity contribution is 9.10. The first-order valence-electron chi connectivity index (χ1n) is 6.49. The lowest BCUT2D eigenvalue weighted by atomic mass is 10.1. The van der Waals surface area contributed by atoms with Crippen molar-refractivity contribution in [3.63, 3.8) is 0 Å². The van der Waals surface area contributed by atoms with Crippen LogP contribution in [0.5, 0.6) is 11.5 Å². The third kappa shape index (κ3) is 3.39. The highest BCUT2D eigenvalue weighted by Crippen LogP contribution is 2.33. The van der Waals surface area contributed by atoms with Crippen LogP contribution in [0.15, 0.2) is 46.9 Å². The number of hydrogen-bond donors (Lipinski definition) is 2. The Morgan fingerprint density at radius 2 is 1.95 bits per heavy atom. The van der Waals surface area contributed by atoms with Crippen LogP contribution in [0.25, 0.3) is 0 Å². The van der Waals surface area contributed by atoms with Crippen LogP contribution >= 0.6 is 15.9 Å². The second kappa shape index (κ2) is 6.88. The minimum absolute atomic E-state index is 0.0381. The minimum Gasteiger partial charge on any atom is -0.457 e. The van der Waals surface area contributed by atoms with E-state index in [4.69, 9.17) is 4.74 Å². The van der Waals surface area contributed by atoms with Crippen LogP contribution in [0.2, 0.25) is 0 Å². The SMILES string of the molecule is CNC(C)c1cc(Br)ccc1Oc1ccccc1CO. The molecular weight excluding hydrogens is 318 g/mol. The maximum absolute atomic E-state index is 9.37. The number of benzene rings is 2. The minimum atomic E-state index is -0.0381. The Kier molecular flexibility index (Phi) is 5.17. The number of rotatable bonds is 5. The van der Waals surface area contributed by atoms with Crippen molar-refractivity contribution >= 4 is 15.9 Å². The Balaban J connectivity index is 2.38. The van der Waals surface area contributed by atoms with E-state index in [1.54, 1.807) is 0 Å². The smallest absolute Gasteiger partial charge is 0.132 e. The van der Waals surface area contributed by atoms with E-state index < -0.39 is 0 Å². The maximum Gasteiger partial charge on any atom is 0.132 e. The molecule has 0 spiro atoms. The topological polar surface area (TPSA) is 41.5 Å². The summed E-state index contributed by atoms with van der Waals surface area (Å²) in [5.41, 5.74) is 1.84. The zero-order chi connectivity index (χ0) is 14.5. The molecule has 0 fully saturated rings. The van der Waals surface area contributed by atoms with Gasteiger partial charge < -0.3 is 15.2 Å². The molecule has 0 aliphatic rings. The fourth-order valence-electron chi connectivity index (χ4n) is 1.96. The summed E-state index contributed by atoms with van der Waals surface area (Å²) >= 11 is 3.48. The molecule has 2 rings (SSSR count). The van der Waals surface area contributed by atoms with Crippen LogP contribution < -0.4 is 10.1 Å². The molecule has 0 aliphatic heterocycles. The first-order valence-corrected chi connectivity index (χ1v) is 7.28. The number of ether oxygens (including phenoxy) is 1. The first-order chi connectivity index (χ1) is 9.65. The van der Waals surface area contributed by atoms with Crippen molar-refractivity contribution < 1.29 is 9.84 Å². The molecule has 1 atom stereocenters. The van der Waals surface area contributed by atoms with E-state index in [0.29, 0.717) is 5.75 Å². The lowest BCUT2D eigenvalue weighted by molar-refractivity contribution is 0.276. The first kappa shape index (κ1) is 15.0. The molecule has 2 aromatic rings. The fraction of sp³-hybridized carbons (Fsp3) is 0.250. The van der Waals surface area contributed by atoms with Gasteiger partial charge in [-0.05, 0) is 38.2 Å². The van der Waals surface area contributed by atoms with Gasteiger partial charge in [0.2, 0.25) is 0 Å². The molecule has 0 amide bonds. The van der Waals surface area contributed by atoms with E-state index in [-0.39, 0.29) is 12.6 Å². The molecule has 2 aromatic carbocycles. The van der Waals surface area contributed by atoms with Gasteiger partial charge in [0.05, 0.1) is 6.61 Å². The molecular formula is C16H18BrNO2. The summed E-state index contributed by atoms with van der Waals surface area (Å²) in [4.78, 5) is 0. The van der Waals surface area contributed by atoms with Crippen LogP contribution in [0.3, 0.4) is 0 Å². The van der Waals surface area contributed by atoms with E-state index in [9.17, 15) is 5.11 Å². The Bertz CT molecular complexity index is 586. The highest BCUT2D eigenvalue weighted by Gasteiger charge is 2.13. The van der Waals surface area contributed by atoms with E-state index in [1.807, 2.05) is 49.5 Å². The van der Waals surface area contributed by atoms with Gasteiger partial charge in [-0.1, -0.05) is 34.1 Å². The van der Waals surface area contributed by atoms with Crippen LogP contribution in [-0.4, -0.2) is 12.2 Å². The molecule has 0 aromatic heterocycles. The molecule has 106 valence electrons. The summed E-state index contributed by atoms with van der Waals surface area (Å²) in [5.74, 6) is 1.47. The third-order valence-corrected chi connectivity index (χ3v) is 3.73. The van der Waals surface area contributed by atoms with Crippen LogP contribution in [0.4, 0.5) is 0 Å². The van der Waals surface area contributed by atoms with E-state index in [0.717, 1.165) is 21.3 Å². The summed E-state index contributed by atoms with van der Waals surface area (Å²) in [5, 5.41) is 12.6. The van der Waals surface area contributed by atoms with E-state index >= 15 is 0 Å². The molecule has 0 bridgehead atoms. The number of aliphatic hydroxyl groups excluding tert-OH is 1.